The molecule has 0 aliphatic heterocycles. The van der Waals surface area contributed by atoms with Crippen molar-refractivity contribution < 1.29 is 14.3 Å². The molecule has 1 amide bonds. The van der Waals surface area contributed by atoms with Crippen LogP contribution >= 0.6 is 0 Å². The number of benzene rings is 2. The van der Waals surface area contributed by atoms with Crippen molar-refractivity contribution in [2.24, 2.45) is 0 Å². The Morgan fingerprint density at radius 1 is 0.966 bits per heavy atom. The highest BCUT2D eigenvalue weighted by atomic mass is 19.1. The summed E-state index contributed by atoms with van der Waals surface area (Å²) in [5.74, 6) is -1.15. The molecular formula is C20H19FN4O4. The molecule has 0 atom stereocenters. The van der Waals surface area contributed by atoms with Gasteiger partial charge in [-0.05, 0) is 36.4 Å². The number of hydrazine groups is 1. The summed E-state index contributed by atoms with van der Waals surface area (Å²) >= 11 is 0. The lowest BCUT2D eigenvalue weighted by molar-refractivity contribution is 0.0824. The minimum atomic E-state index is -0.760. The molecule has 3 N–H and O–H groups in total. The smallest absolute Gasteiger partial charge is 0.257 e. The van der Waals surface area contributed by atoms with Crippen molar-refractivity contribution in [1.29, 1.82) is 0 Å². The van der Waals surface area contributed by atoms with Crippen LogP contribution in [0.15, 0.2) is 52.1 Å². The zero-order chi connectivity index (χ0) is 21.3. The van der Waals surface area contributed by atoms with Gasteiger partial charge in [0.2, 0.25) is 0 Å². The molecule has 3 aromatic carbocycles. The Morgan fingerprint density at radius 2 is 1.59 bits per heavy atom. The predicted octanol–water partition coefficient (Wildman–Crippen LogP) is 2.04. The standard InChI is InChI=1S/C20H19FN4O4/c1-24(2)20(29)13-5-4-6-14(17(13)26)22-15-16(19(28)18(15)27)23-25(3)12-9-7-11(21)8-10-12/h4-10,22-23,26H,1-3H3. The first-order valence-electron chi connectivity index (χ1n) is 8.60. The van der Waals surface area contributed by atoms with Crippen LogP contribution in [0.5, 0.6) is 5.75 Å². The van der Waals surface area contributed by atoms with Crippen molar-refractivity contribution in [3.8, 4) is 5.75 Å². The van der Waals surface area contributed by atoms with E-state index >= 15 is 0 Å². The zero-order valence-electron chi connectivity index (χ0n) is 16.0. The summed E-state index contributed by atoms with van der Waals surface area (Å²) in [7, 11) is 4.69. The highest BCUT2D eigenvalue weighted by Crippen LogP contribution is 2.32. The Bertz CT molecular complexity index is 1130. The van der Waals surface area contributed by atoms with Crippen LogP contribution in [0.25, 0.3) is 0 Å². The molecule has 0 fully saturated rings. The predicted molar refractivity (Wildman–Crippen MR) is 109 cm³/mol. The maximum atomic E-state index is 13.1. The molecule has 0 aliphatic carbocycles. The van der Waals surface area contributed by atoms with Crippen molar-refractivity contribution in [2.45, 2.75) is 0 Å². The third-order valence-electron chi connectivity index (χ3n) is 4.34. The fourth-order valence-electron chi connectivity index (χ4n) is 2.71. The van der Waals surface area contributed by atoms with Gasteiger partial charge in [-0.2, -0.15) is 0 Å². The largest absolute Gasteiger partial charge is 0.505 e. The first kappa shape index (κ1) is 19.9. The Balaban J connectivity index is 1.87. The van der Waals surface area contributed by atoms with Gasteiger partial charge in [-0.3, -0.25) is 24.8 Å². The van der Waals surface area contributed by atoms with Gasteiger partial charge >= 0.3 is 0 Å². The summed E-state index contributed by atoms with van der Waals surface area (Å²) in [6.07, 6.45) is 0. The van der Waals surface area contributed by atoms with E-state index < -0.39 is 22.6 Å². The van der Waals surface area contributed by atoms with Crippen molar-refractivity contribution in [3.05, 3.63) is 74.3 Å². The molecule has 0 radical (unpaired) electrons. The maximum absolute atomic E-state index is 13.1. The minimum absolute atomic E-state index is 0.00874. The van der Waals surface area contributed by atoms with Gasteiger partial charge < -0.3 is 15.3 Å². The van der Waals surface area contributed by atoms with Gasteiger partial charge in [-0.25, -0.2) is 4.39 Å². The molecule has 9 heteroatoms. The Labute approximate surface area is 165 Å². The number of nitrogens with one attached hydrogen (secondary N) is 2. The SMILES string of the molecule is CN(C)C(=O)c1cccc(Nc2c(NN(C)c3ccc(F)cc3)c(=O)c2=O)c1O. The third kappa shape index (κ3) is 3.75. The van der Waals surface area contributed by atoms with E-state index in [9.17, 15) is 23.9 Å². The summed E-state index contributed by atoms with van der Waals surface area (Å²) in [5.41, 5.74) is 1.95. The number of nitrogens with zero attached hydrogens (tertiary/aromatic N) is 2. The number of hydrogen-bond donors (Lipinski definition) is 3. The summed E-state index contributed by atoms with van der Waals surface area (Å²) in [6.45, 7) is 0. The Hall–Kier alpha value is -3.88. The van der Waals surface area contributed by atoms with E-state index in [2.05, 4.69) is 10.7 Å². The van der Waals surface area contributed by atoms with E-state index in [1.807, 2.05) is 0 Å². The summed E-state index contributed by atoms with van der Waals surface area (Å²) in [5, 5.41) is 14.6. The molecule has 0 aromatic heterocycles. The number of carbonyl (C=O) groups excluding carboxylic acids is 1. The molecule has 0 aliphatic rings. The molecule has 3 aromatic rings. The summed E-state index contributed by atoms with van der Waals surface area (Å²) in [4.78, 5) is 37.5. The van der Waals surface area contributed by atoms with Crippen LogP contribution < -0.4 is 26.6 Å². The number of rotatable bonds is 6. The van der Waals surface area contributed by atoms with Crippen LogP contribution in [0.2, 0.25) is 0 Å². The molecule has 0 heterocycles. The van der Waals surface area contributed by atoms with Crippen LogP contribution in [0, 0.1) is 5.82 Å². The van der Waals surface area contributed by atoms with Gasteiger partial charge in [0.05, 0.1) is 16.9 Å². The molecule has 29 heavy (non-hydrogen) atoms. The van der Waals surface area contributed by atoms with Gasteiger partial charge in [0.15, 0.2) is 5.75 Å². The molecule has 0 saturated carbocycles. The molecular weight excluding hydrogens is 379 g/mol. The normalized spacial score (nSPS) is 10.6. The number of para-hydroxylation sites is 1. The monoisotopic (exact) mass is 398 g/mol. The van der Waals surface area contributed by atoms with Crippen molar-refractivity contribution in [1.82, 2.24) is 4.90 Å². The fourth-order valence-corrected chi connectivity index (χ4v) is 2.71. The van der Waals surface area contributed by atoms with Crippen LogP contribution in [0.3, 0.4) is 0 Å². The van der Waals surface area contributed by atoms with Crippen LogP contribution in [-0.4, -0.2) is 37.1 Å². The first-order valence-corrected chi connectivity index (χ1v) is 8.60. The molecule has 3 rings (SSSR count). The van der Waals surface area contributed by atoms with E-state index in [4.69, 9.17) is 0 Å². The van der Waals surface area contributed by atoms with E-state index in [0.29, 0.717) is 5.69 Å². The molecule has 0 unspecified atom stereocenters. The molecule has 0 bridgehead atoms. The second-order valence-electron chi connectivity index (χ2n) is 6.58. The van der Waals surface area contributed by atoms with Gasteiger partial charge in [0, 0.05) is 21.1 Å². The van der Waals surface area contributed by atoms with Crippen LogP contribution in [-0.2, 0) is 0 Å². The van der Waals surface area contributed by atoms with Crippen molar-refractivity contribution >= 4 is 28.7 Å². The number of hydrogen-bond acceptors (Lipinski definition) is 7. The van der Waals surface area contributed by atoms with Gasteiger partial charge in [-0.15, -0.1) is 0 Å². The Kier molecular flexibility index (Phi) is 5.22. The summed E-state index contributed by atoms with van der Waals surface area (Å²) < 4.78 is 13.1. The number of carbonyl (C=O) groups is 1. The molecule has 0 saturated heterocycles. The third-order valence-corrected chi connectivity index (χ3v) is 4.34. The quantitative estimate of drug-likeness (QED) is 0.332. The lowest BCUT2D eigenvalue weighted by Crippen LogP contribution is -2.40. The van der Waals surface area contributed by atoms with Crippen molar-refractivity contribution in [3.63, 3.8) is 0 Å². The zero-order valence-corrected chi connectivity index (χ0v) is 16.0. The number of halogens is 1. The second-order valence-corrected chi connectivity index (χ2v) is 6.58. The lowest BCUT2D eigenvalue weighted by Gasteiger charge is -2.24. The number of aromatic hydroxyl groups is 1. The number of anilines is 4. The topological polar surface area (TPSA) is 102 Å². The van der Waals surface area contributed by atoms with E-state index in [1.165, 1.54) is 46.3 Å². The average Bonchev–Trinajstić information content (AvgIpc) is 2.71. The number of phenols is 1. The van der Waals surface area contributed by atoms with E-state index in [-0.39, 0.29) is 28.4 Å². The highest BCUT2D eigenvalue weighted by molar-refractivity contribution is 5.99. The van der Waals surface area contributed by atoms with E-state index in [1.54, 1.807) is 27.2 Å². The highest BCUT2D eigenvalue weighted by Gasteiger charge is 2.24. The number of amides is 1. The Morgan fingerprint density at radius 3 is 2.21 bits per heavy atom. The maximum Gasteiger partial charge on any atom is 0.257 e. The average molecular weight is 398 g/mol. The molecule has 150 valence electrons. The minimum Gasteiger partial charge on any atom is -0.505 e. The van der Waals surface area contributed by atoms with Gasteiger partial charge in [0.25, 0.3) is 16.8 Å². The molecule has 8 nitrogen and oxygen atoms in total. The second kappa shape index (κ2) is 7.63. The van der Waals surface area contributed by atoms with Gasteiger partial charge in [-0.1, -0.05) is 6.07 Å². The number of phenolic OH excluding ortho intramolecular Hbond substituents is 1. The lowest BCUT2D eigenvalue weighted by atomic mass is 10.1. The van der Waals surface area contributed by atoms with E-state index in [0.717, 1.165) is 0 Å². The fraction of sp³-hybridized carbons (Fsp3) is 0.150. The van der Waals surface area contributed by atoms with Crippen molar-refractivity contribution in [2.75, 3.05) is 36.9 Å². The van der Waals surface area contributed by atoms with Crippen LogP contribution in [0.1, 0.15) is 10.4 Å². The van der Waals surface area contributed by atoms with Crippen LogP contribution in [0.4, 0.5) is 27.1 Å². The van der Waals surface area contributed by atoms with Gasteiger partial charge in [0.1, 0.15) is 17.2 Å². The first-order chi connectivity index (χ1) is 13.7. The summed E-state index contributed by atoms with van der Waals surface area (Å²) in [6, 6.07) is 10.0. The molecule has 0 spiro atoms.